The van der Waals surface area contributed by atoms with E-state index in [4.69, 9.17) is 17.0 Å². The molecule has 0 bridgehead atoms. The highest BCUT2D eigenvalue weighted by Gasteiger charge is 2.27. The van der Waals surface area contributed by atoms with Gasteiger partial charge in [0.05, 0.1) is 11.6 Å². The van der Waals surface area contributed by atoms with Crippen molar-refractivity contribution in [3.8, 4) is 12.3 Å². The van der Waals surface area contributed by atoms with Crippen LogP contribution in [0.4, 0.5) is 0 Å². The van der Waals surface area contributed by atoms with Crippen LogP contribution in [0.1, 0.15) is 20.3 Å². The van der Waals surface area contributed by atoms with E-state index in [1.807, 2.05) is 13.8 Å². The van der Waals surface area contributed by atoms with Crippen molar-refractivity contribution in [2.24, 2.45) is 5.84 Å². The Labute approximate surface area is 68.3 Å². The predicted molar refractivity (Wildman–Crippen MR) is 45.6 cm³/mol. The molecule has 3 nitrogen and oxygen atoms in total. The highest BCUT2D eigenvalue weighted by atomic mass is 16.5. The lowest BCUT2D eigenvalue weighted by molar-refractivity contribution is -0.00873. The molecule has 0 saturated heterocycles. The molecule has 3 heteroatoms. The molecule has 11 heavy (non-hydrogen) atoms. The van der Waals surface area contributed by atoms with Crippen LogP contribution in [0.25, 0.3) is 0 Å². The number of ether oxygens (including phenoxy) is 1. The summed E-state index contributed by atoms with van der Waals surface area (Å²) in [6.07, 6.45) is 5.72. The minimum atomic E-state index is -0.318. The zero-order chi connectivity index (χ0) is 8.91. The molecule has 0 aliphatic heterocycles. The van der Waals surface area contributed by atoms with E-state index in [0.717, 1.165) is 0 Å². The maximum Gasteiger partial charge on any atom is 0.0797 e. The number of methoxy groups -OCH3 is 1. The highest BCUT2D eigenvalue weighted by molar-refractivity contribution is 4.95. The largest absolute Gasteiger partial charge is 0.377 e. The average molecular weight is 156 g/mol. The Morgan fingerprint density at radius 1 is 1.73 bits per heavy atom. The molecule has 0 aliphatic carbocycles. The van der Waals surface area contributed by atoms with E-state index >= 15 is 0 Å². The maximum atomic E-state index is 5.29. The summed E-state index contributed by atoms with van der Waals surface area (Å²) >= 11 is 0. The molecule has 0 heterocycles. The molecular weight excluding hydrogens is 140 g/mol. The van der Waals surface area contributed by atoms with Crippen LogP contribution < -0.4 is 11.3 Å². The van der Waals surface area contributed by atoms with Gasteiger partial charge in [0.15, 0.2) is 0 Å². The molecule has 3 N–H and O–H groups in total. The summed E-state index contributed by atoms with van der Waals surface area (Å²) in [5.74, 6) is 7.83. The summed E-state index contributed by atoms with van der Waals surface area (Å²) < 4.78 is 5.21. The van der Waals surface area contributed by atoms with Crippen LogP contribution in [0.2, 0.25) is 0 Å². The summed E-state index contributed by atoms with van der Waals surface area (Å²) in [7, 11) is 1.64. The minimum absolute atomic E-state index is 0.00231. The fraction of sp³-hybridized carbons (Fsp3) is 0.750. The van der Waals surface area contributed by atoms with E-state index in [2.05, 4.69) is 11.3 Å². The first-order chi connectivity index (χ1) is 5.08. The molecule has 0 aromatic heterocycles. The Morgan fingerprint density at radius 3 is 2.55 bits per heavy atom. The van der Waals surface area contributed by atoms with Crippen LogP contribution in [-0.2, 0) is 4.74 Å². The van der Waals surface area contributed by atoms with Crippen molar-refractivity contribution in [1.29, 1.82) is 0 Å². The van der Waals surface area contributed by atoms with Crippen molar-refractivity contribution in [1.82, 2.24) is 5.43 Å². The third-order valence-corrected chi connectivity index (χ3v) is 1.89. The topological polar surface area (TPSA) is 47.3 Å². The second-order valence-corrected chi connectivity index (χ2v) is 2.94. The molecule has 0 aromatic rings. The SMILES string of the molecule is C#CCC(NN)C(C)(C)OC. The fourth-order valence-electron chi connectivity index (χ4n) is 0.766. The van der Waals surface area contributed by atoms with Crippen molar-refractivity contribution in [3.05, 3.63) is 0 Å². The number of hydrogen-bond donors (Lipinski definition) is 2. The number of hydrazine groups is 1. The first-order valence-electron chi connectivity index (χ1n) is 3.53. The Bertz CT molecular complexity index is 149. The average Bonchev–Trinajstić information content (AvgIpc) is 2.00. The number of nitrogens with two attached hydrogens (primary N) is 1. The monoisotopic (exact) mass is 156 g/mol. The number of rotatable bonds is 4. The number of nitrogens with one attached hydrogen (secondary N) is 1. The van der Waals surface area contributed by atoms with Gasteiger partial charge < -0.3 is 4.74 Å². The highest BCUT2D eigenvalue weighted by Crippen LogP contribution is 2.14. The second kappa shape index (κ2) is 4.35. The van der Waals surface area contributed by atoms with E-state index in [1.165, 1.54) is 0 Å². The zero-order valence-corrected chi connectivity index (χ0v) is 7.35. The van der Waals surface area contributed by atoms with Gasteiger partial charge in [-0.15, -0.1) is 12.3 Å². The molecule has 64 valence electrons. The first kappa shape index (κ1) is 10.4. The molecule has 1 unspecified atom stereocenters. The van der Waals surface area contributed by atoms with Gasteiger partial charge >= 0.3 is 0 Å². The quantitative estimate of drug-likeness (QED) is 0.349. The van der Waals surface area contributed by atoms with Crippen molar-refractivity contribution < 1.29 is 4.74 Å². The molecule has 0 amide bonds. The molecule has 0 fully saturated rings. The van der Waals surface area contributed by atoms with E-state index in [-0.39, 0.29) is 11.6 Å². The van der Waals surface area contributed by atoms with Gasteiger partial charge in [-0.2, -0.15) is 0 Å². The van der Waals surface area contributed by atoms with Crippen LogP contribution >= 0.6 is 0 Å². The van der Waals surface area contributed by atoms with Crippen LogP contribution in [0, 0.1) is 12.3 Å². The molecule has 1 atom stereocenters. The van der Waals surface area contributed by atoms with Crippen molar-refractivity contribution in [2.75, 3.05) is 7.11 Å². The van der Waals surface area contributed by atoms with E-state index < -0.39 is 0 Å². The van der Waals surface area contributed by atoms with Gasteiger partial charge in [0.2, 0.25) is 0 Å². The Balaban J connectivity index is 4.13. The number of terminal acetylenes is 1. The van der Waals surface area contributed by atoms with Crippen molar-refractivity contribution in [2.45, 2.75) is 31.9 Å². The lowest BCUT2D eigenvalue weighted by Gasteiger charge is -2.31. The number of hydrogen-bond acceptors (Lipinski definition) is 3. The Morgan fingerprint density at radius 2 is 2.27 bits per heavy atom. The van der Waals surface area contributed by atoms with Gasteiger partial charge in [-0.3, -0.25) is 11.3 Å². The zero-order valence-electron chi connectivity index (χ0n) is 7.35. The molecule has 0 aliphatic rings. The predicted octanol–water partition coefficient (Wildman–Crippen LogP) is 0.267. The van der Waals surface area contributed by atoms with Gasteiger partial charge in [0, 0.05) is 13.5 Å². The molecule has 0 aromatic carbocycles. The van der Waals surface area contributed by atoms with Crippen LogP contribution in [0.3, 0.4) is 0 Å². The molecule has 0 rings (SSSR count). The second-order valence-electron chi connectivity index (χ2n) is 2.94. The third-order valence-electron chi connectivity index (χ3n) is 1.89. The first-order valence-corrected chi connectivity index (χ1v) is 3.53. The summed E-state index contributed by atoms with van der Waals surface area (Å²) in [6, 6.07) is -0.00231. The Kier molecular flexibility index (Phi) is 4.12. The van der Waals surface area contributed by atoms with Gasteiger partial charge in [-0.1, -0.05) is 0 Å². The smallest absolute Gasteiger partial charge is 0.0797 e. The van der Waals surface area contributed by atoms with Gasteiger partial charge in [0.1, 0.15) is 0 Å². The standard InChI is InChI=1S/C8H16N2O/c1-5-6-7(10-9)8(2,3)11-4/h1,7,10H,6,9H2,2-4H3. The maximum absolute atomic E-state index is 5.29. The van der Waals surface area contributed by atoms with Gasteiger partial charge in [0.25, 0.3) is 0 Å². The summed E-state index contributed by atoms with van der Waals surface area (Å²) in [5.41, 5.74) is 2.31. The molecule has 0 saturated carbocycles. The summed E-state index contributed by atoms with van der Waals surface area (Å²) in [5, 5.41) is 0. The lowest BCUT2D eigenvalue weighted by Crippen LogP contribution is -2.50. The summed E-state index contributed by atoms with van der Waals surface area (Å²) in [6.45, 7) is 3.88. The Hall–Kier alpha value is -0.560. The van der Waals surface area contributed by atoms with Crippen molar-refractivity contribution >= 4 is 0 Å². The molecule has 0 radical (unpaired) electrons. The van der Waals surface area contributed by atoms with Gasteiger partial charge in [-0.25, -0.2) is 0 Å². The van der Waals surface area contributed by atoms with Crippen LogP contribution in [-0.4, -0.2) is 18.8 Å². The van der Waals surface area contributed by atoms with Gasteiger partial charge in [-0.05, 0) is 13.8 Å². The van der Waals surface area contributed by atoms with E-state index in [0.29, 0.717) is 6.42 Å². The van der Waals surface area contributed by atoms with E-state index in [9.17, 15) is 0 Å². The molecular formula is C8H16N2O. The fourth-order valence-corrected chi connectivity index (χ4v) is 0.766. The van der Waals surface area contributed by atoms with Crippen molar-refractivity contribution in [3.63, 3.8) is 0 Å². The normalized spacial score (nSPS) is 14.1. The van der Waals surface area contributed by atoms with E-state index in [1.54, 1.807) is 7.11 Å². The molecule has 0 spiro atoms. The third kappa shape index (κ3) is 2.89. The van der Waals surface area contributed by atoms with Crippen LogP contribution in [0.15, 0.2) is 0 Å². The lowest BCUT2D eigenvalue weighted by atomic mass is 9.97. The summed E-state index contributed by atoms with van der Waals surface area (Å²) in [4.78, 5) is 0. The van der Waals surface area contributed by atoms with Crippen LogP contribution in [0.5, 0.6) is 0 Å². The minimum Gasteiger partial charge on any atom is -0.377 e.